The fourth-order valence-electron chi connectivity index (χ4n) is 3.62. The number of hydrogen-bond donors (Lipinski definition) is 1. The quantitative estimate of drug-likeness (QED) is 0.875. The van der Waals surface area contributed by atoms with Crippen LogP contribution in [-0.4, -0.2) is 60.7 Å². The third-order valence-electron chi connectivity index (χ3n) is 5.08. The molecular weight excluding hydrogens is 316 g/mol. The second kappa shape index (κ2) is 7.85. The average molecular weight is 342 g/mol. The van der Waals surface area contributed by atoms with Crippen molar-refractivity contribution in [2.75, 3.05) is 33.8 Å². The van der Waals surface area contributed by atoms with Gasteiger partial charge in [0.2, 0.25) is 0 Å². The van der Waals surface area contributed by atoms with Gasteiger partial charge in [0.05, 0.1) is 13.7 Å². The molecule has 5 nitrogen and oxygen atoms in total. The van der Waals surface area contributed by atoms with Gasteiger partial charge in [0.1, 0.15) is 5.75 Å². The molecule has 1 aliphatic rings. The summed E-state index contributed by atoms with van der Waals surface area (Å²) < 4.78 is 5.28. The molecule has 0 unspecified atom stereocenters. The lowest BCUT2D eigenvalue weighted by Crippen LogP contribution is -2.44. The van der Waals surface area contributed by atoms with E-state index in [0.717, 1.165) is 38.2 Å². The van der Waals surface area contributed by atoms with E-state index in [9.17, 15) is 4.79 Å². The molecule has 0 bridgehead atoms. The van der Waals surface area contributed by atoms with Crippen LogP contribution in [0.4, 0.5) is 0 Å². The second-order valence-corrected chi connectivity index (χ2v) is 6.86. The van der Waals surface area contributed by atoms with E-state index in [2.05, 4.69) is 35.2 Å². The van der Waals surface area contributed by atoms with Crippen molar-refractivity contribution in [3.8, 4) is 5.75 Å². The largest absolute Gasteiger partial charge is 0.497 e. The van der Waals surface area contributed by atoms with Crippen LogP contribution in [0, 0.1) is 0 Å². The Labute approximate surface area is 148 Å². The van der Waals surface area contributed by atoms with Gasteiger partial charge < -0.3 is 9.84 Å². The first-order valence-corrected chi connectivity index (χ1v) is 8.76. The number of aliphatic carboxylic acids is 1. The zero-order valence-electron chi connectivity index (χ0n) is 14.9. The molecule has 0 aromatic heterocycles. The van der Waals surface area contributed by atoms with Crippen LogP contribution in [0.25, 0.3) is 10.8 Å². The monoisotopic (exact) mass is 342 g/mol. The number of fused-ring (bicyclic) bond motifs is 1. The van der Waals surface area contributed by atoms with E-state index in [1.807, 2.05) is 18.0 Å². The minimum absolute atomic E-state index is 0.124. The first kappa shape index (κ1) is 17.7. The van der Waals surface area contributed by atoms with Crippen molar-refractivity contribution in [1.29, 1.82) is 0 Å². The lowest BCUT2D eigenvalue weighted by Gasteiger charge is -2.36. The zero-order valence-corrected chi connectivity index (χ0v) is 14.9. The maximum absolute atomic E-state index is 10.8. The minimum atomic E-state index is -0.752. The number of carbonyl (C=O) groups is 1. The zero-order chi connectivity index (χ0) is 17.8. The Hall–Kier alpha value is -2.11. The summed E-state index contributed by atoms with van der Waals surface area (Å²) in [6, 6.07) is 13.1. The van der Waals surface area contributed by atoms with Crippen LogP contribution in [0.15, 0.2) is 36.4 Å². The van der Waals surface area contributed by atoms with Gasteiger partial charge in [-0.1, -0.05) is 18.2 Å². The molecule has 134 valence electrons. The third kappa shape index (κ3) is 4.50. The van der Waals surface area contributed by atoms with Crippen molar-refractivity contribution < 1.29 is 14.6 Å². The summed E-state index contributed by atoms with van der Waals surface area (Å²) in [6.07, 6.45) is 2.04. The Balaban J connectivity index is 1.58. The molecule has 5 heteroatoms. The predicted octanol–water partition coefficient (Wildman–Crippen LogP) is 2.83. The standard InChI is InChI=1S/C20H26N2O3/c1-21(14-20(23)24)18-7-9-22(10-8-18)13-15-3-4-17-12-19(25-2)6-5-16(17)11-15/h3-6,11-12,18H,7-10,13-14H2,1-2H3,(H,23,24). The summed E-state index contributed by atoms with van der Waals surface area (Å²) in [5, 5.41) is 11.3. The molecule has 1 N–H and O–H groups in total. The number of carboxylic acids is 1. The minimum Gasteiger partial charge on any atom is -0.497 e. The van der Waals surface area contributed by atoms with Crippen LogP contribution < -0.4 is 4.74 Å². The van der Waals surface area contributed by atoms with Crippen molar-refractivity contribution in [2.24, 2.45) is 0 Å². The van der Waals surface area contributed by atoms with Crippen molar-refractivity contribution in [1.82, 2.24) is 9.80 Å². The van der Waals surface area contributed by atoms with Gasteiger partial charge >= 0.3 is 5.97 Å². The molecule has 1 saturated heterocycles. The number of nitrogens with zero attached hydrogens (tertiary/aromatic N) is 2. The summed E-state index contributed by atoms with van der Waals surface area (Å²) in [5.74, 6) is 0.130. The second-order valence-electron chi connectivity index (χ2n) is 6.86. The summed E-state index contributed by atoms with van der Waals surface area (Å²) in [4.78, 5) is 15.3. The number of likely N-dealkylation sites (N-methyl/N-ethyl adjacent to an activating group) is 1. The summed E-state index contributed by atoms with van der Waals surface area (Å²) in [5.41, 5.74) is 1.31. The molecule has 1 fully saturated rings. The molecule has 1 aliphatic heterocycles. The van der Waals surface area contributed by atoms with Crippen molar-refractivity contribution in [3.63, 3.8) is 0 Å². The Morgan fingerprint density at radius 2 is 1.88 bits per heavy atom. The van der Waals surface area contributed by atoms with Crippen LogP contribution in [0.3, 0.4) is 0 Å². The van der Waals surface area contributed by atoms with Crippen LogP contribution in [0.1, 0.15) is 18.4 Å². The molecule has 25 heavy (non-hydrogen) atoms. The summed E-state index contributed by atoms with van der Waals surface area (Å²) >= 11 is 0. The topological polar surface area (TPSA) is 53.0 Å². The highest BCUT2D eigenvalue weighted by Gasteiger charge is 2.23. The maximum Gasteiger partial charge on any atom is 0.317 e. The first-order chi connectivity index (χ1) is 12.0. The van der Waals surface area contributed by atoms with E-state index < -0.39 is 5.97 Å². The smallest absolute Gasteiger partial charge is 0.317 e. The highest BCUT2D eigenvalue weighted by molar-refractivity contribution is 5.84. The lowest BCUT2D eigenvalue weighted by molar-refractivity contribution is -0.138. The number of benzene rings is 2. The van der Waals surface area contributed by atoms with Crippen LogP contribution in [-0.2, 0) is 11.3 Å². The van der Waals surface area contributed by atoms with Gasteiger partial charge in [0.15, 0.2) is 0 Å². The lowest BCUT2D eigenvalue weighted by atomic mass is 10.0. The van der Waals surface area contributed by atoms with Crippen molar-refractivity contribution in [3.05, 3.63) is 42.0 Å². The number of likely N-dealkylation sites (tertiary alicyclic amines) is 1. The highest BCUT2D eigenvalue weighted by atomic mass is 16.5. The summed E-state index contributed by atoms with van der Waals surface area (Å²) in [7, 11) is 3.60. The van der Waals surface area contributed by atoms with Crippen molar-refractivity contribution in [2.45, 2.75) is 25.4 Å². The Bertz CT molecular complexity index is 739. The van der Waals surface area contributed by atoms with Crippen LogP contribution >= 0.6 is 0 Å². The molecule has 0 spiro atoms. The van der Waals surface area contributed by atoms with Crippen LogP contribution in [0.5, 0.6) is 5.75 Å². The fourth-order valence-corrected chi connectivity index (χ4v) is 3.62. The Morgan fingerprint density at radius 3 is 2.56 bits per heavy atom. The van der Waals surface area contributed by atoms with Crippen molar-refractivity contribution >= 4 is 16.7 Å². The molecule has 2 aromatic carbocycles. The molecule has 0 aliphatic carbocycles. The average Bonchev–Trinajstić information content (AvgIpc) is 2.61. The van der Waals surface area contributed by atoms with E-state index in [1.54, 1.807) is 7.11 Å². The summed E-state index contributed by atoms with van der Waals surface area (Å²) in [6.45, 7) is 3.08. The van der Waals surface area contributed by atoms with E-state index in [1.165, 1.54) is 16.3 Å². The van der Waals surface area contributed by atoms with Gasteiger partial charge in [-0.05, 0) is 67.5 Å². The number of piperidine rings is 1. The normalized spacial score (nSPS) is 16.4. The van der Waals surface area contributed by atoms with E-state index in [-0.39, 0.29) is 6.54 Å². The SMILES string of the molecule is COc1ccc2cc(CN3CCC(N(C)CC(=O)O)CC3)ccc2c1. The van der Waals surface area contributed by atoms with Gasteiger partial charge in [-0.2, -0.15) is 0 Å². The molecule has 0 radical (unpaired) electrons. The predicted molar refractivity (Wildman–Crippen MR) is 99.1 cm³/mol. The number of hydrogen-bond acceptors (Lipinski definition) is 4. The molecule has 0 saturated carbocycles. The van der Waals surface area contributed by atoms with Gasteiger partial charge in [0, 0.05) is 12.6 Å². The molecule has 0 atom stereocenters. The van der Waals surface area contributed by atoms with Gasteiger partial charge in [-0.3, -0.25) is 14.6 Å². The molecule has 2 aromatic rings. The Morgan fingerprint density at radius 1 is 1.20 bits per heavy atom. The molecule has 1 heterocycles. The number of ether oxygens (including phenoxy) is 1. The molecule has 0 amide bonds. The molecule has 3 rings (SSSR count). The van der Waals surface area contributed by atoms with Gasteiger partial charge in [0.25, 0.3) is 0 Å². The first-order valence-electron chi connectivity index (χ1n) is 8.76. The van der Waals surface area contributed by atoms with Gasteiger partial charge in [-0.25, -0.2) is 0 Å². The number of carboxylic acid groups (broad SMARTS) is 1. The highest BCUT2D eigenvalue weighted by Crippen LogP contribution is 2.23. The maximum atomic E-state index is 10.8. The van der Waals surface area contributed by atoms with Gasteiger partial charge in [-0.15, -0.1) is 0 Å². The van der Waals surface area contributed by atoms with E-state index in [4.69, 9.17) is 9.84 Å². The number of methoxy groups -OCH3 is 1. The van der Waals surface area contributed by atoms with E-state index >= 15 is 0 Å². The van der Waals surface area contributed by atoms with E-state index in [0.29, 0.717) is 6.04 Å². The van der Waals surface area contributed by atoms with Crippen LogP contribution in [0.2, 0.25) is 0 Å². The fraction of sp³-hybridized carbons (Fsp3) is 0.450. The third-order valence-corrected chi connectivity index (χ3v) is 5.08. The number of rotatable bonds is 6. The molecular formula is C20H26N2O3. The Kier molecular flexibility index (Phi) is 5.56.